The summed E-state index contributed by atoms with van der Waals surface area (Å²) in [6.45, 7) is 1.25. The van der Waals surface area contributed by atoms with E-state index in [0.717, 1.165) is 6.08 Å². The van der Waals surface area contributed by atoms with Crippen LogP contribution in [0, 0.1) is 22.0 Å². The molecule has 102 valence electrons. The Morgan fingerprint density at radius 2 is 1.89 bits per heavy atom. The van der Waals surface area contributed by atoms with Gasteiger partial charge in [0.25, 0.3) is 5.70 Å². The molecule has 1 aliphatic rings. The lowest BCUT2D eigenvalue weighted by Gasteiger charge is -2.20. The molecular formula is C11H13N3O5. The molecule has 8 heteroatoms. The number of hydrogen-bond acceptors (Lipinski definition) is 5. The number of nitro groups is 1. The predicted octanol–water partition coefficient (Wildman–Crippen LogP) is -0.731. The molecule has 0 saturated heterocycles. The molecule has 0 aromatic carbocycles. The second-order valence-electron chi connectivity index (χ2n) is 4.22. The smallest absolute Gasteiger partial charge is 0.251 e. The number of nitrogens with zero attached hydrogens (tertiary/aromatic N) is 1. The summed E-state index contributed by atoms with van der Waals surface area (Å²) in [5.74, 6) is -4.20. The zero-order valence-corrected chi connectivity index (χ0v) is 10.2. The van der Waals surface area contributed by atoms with E-state index in [1.54, 1.807) is 0 Å². The fraction of sp³-hybridized carbons (Fsp3) is 0.364. The SMILES string of the molecule is CC(=O)CC1C(C(N)=O)=CC(C(N)=O)C=C1[N+](=O)[O-]. The van der Waals surface area contributed by atoms with Gasteiger partial charge in [-0.05, 0) is 6.92 Å². The third-order valence-electron chi connectivity index (χ3n) is 2.76. The topological polar surface area (TPSA) is 146 Å². The molecule has 0 saturated carbocycles. The first-order chi connectivity index (χ1) is 8.73. The van der Waals surface area contributed by atoms with Gasteiger partial charge in [0.05, 0.1) is 16.8 Å². The number of primary amides is 2. The Hall–Kier alpha value is -2.51. The highest BCUT2D eigenvalue weighted by Gasteiger charge is 2.37. The van der Waals surface area contributed by atoms with Gasteiger partial charge in [0.1, 0.15) is 5.78 Å². The van der Waals surface area contributed by atoms with Gasteiger partial charge >= 0.3 is 0 Å². The number of hydrogen-bond donors (Lipinski definition) is 2. The van der Waals surface area contributed by atoms with Crippen LogP contribution in [0.25, 0.3) is 0 Å². The van der Waals surface area contributed by atoms with Crippen molar-refractivity contribution in [2.24, 2.45) is 23.3 Å². The standard InChI is InChI=1S/C11H13N3O5/c1-5(15)2-7-8(11(13)17)3-6(10(12)16)4-9(7)14(18)19/h3-4,6-7H,2H2,1H3,(H2,12,16)(H2,13,17). The summed E-state index contributed by atoms with van der Waals surface area (Å²) in [5, 5.41) is 11.0. The average Bonchev–Trinajstić information content (AvgIpc) is 2.27. The first kappa shape index (κ1) is 14.6. The lowest BCUT2D eigenvalue weighted by atomic mass is 9.82. The molecule has 0 bridgehead atoms. The van der Waals surface area contributed by atoms with E-state index in [0.29, 0.717) is 0 Å². The molecule has 0 aromatic heterocycles. The Balaban J connectivity index is 3.30. The average molecular weight is 267 g/mol. The van der Waals surface area contributed by atoms with E-state index in [1.807, 2.05) is 0 Å². The van der Waals surface area contributed by atoms with E-state index >= 15 is 0 Å². The number of ketones is 1. The largest absolute Gasteiger partial charge is 0.369 e. The van der Waals surface area contributed by atoms with Crippen LogP contribution in [0.4, 0.5) is 0 Å². The molecule has 0 fully saturated rings. The monoisotopic (exact) mass is 267 g/mol. The van der Waals surface area contributed by atoms with Crippen molar-refractivity contribution in [3.8, 4) is 0 Å². The van der Waals surface area contributed by atoms with Gasteiger partial charge < -0.3 is 11.5 Å². The summed E-state index contributed by atoms with van der Waals surface area (Å²) in [6, 6.07) is 0. The molecule has 0 heterocycles. The number of allylic oxidation sites excluding steroid dienone is 1. The molecule has 2 atom stereocenters. The second-order valence-corrected chi connectivity index (χ2v) is 4.22. The van der Waals surface area contributed by atoms with Gasteiger partial charge in [0.15, 0.2) is 0 Å². The van der Waals surface area contributed by atoms with E-state index in [2.05, 4.69) is 0 Å². The van der Waals surface area contributed by atoms with Crippen molar-refractivity contribution in [3.63, 3.8) is 0 Å². The van der Waals surface area contributed by atoms with E-state index < -0.39 is 34.3 Å². The minimum absolute atomic E-state index is 0.131. The van der Waals surface area contributed by atoms with Crippen LogP contribution in [-0.2, 0) is 14.4 Å². The van der Waals surface area contributed by atoms with E-state index in [4.69, 9.17) is 11.5 Å². The molecule has 2 amide bonds. The van der Waals surface area contributed by atoms with Gasteiger partial charge in [-0.1, -0.05) is 6.08 Å². The fourth-order valence-corrected chi connectivity index (χ4v) is 1.93. The van der Waals surface area contributed by atoms with Crippen molar-refractivity contribution in [1.82, 2.24) is 0 Å². The molecule has 0 spiro atoms. The molecule has 2 unspecified atom stereocenters. The molecule has 0 aliphatic heterocycles. The number of carbonyl (C=O) groups is 3. The zero-order chi connectivity index (χ0) is 14.7. The van der Waals surface area contributed by atoms with Crippen molar-refractivity contribution in [2.75, 3.05) is 0 Å². The van der Waals surface area contributed by atoms with Crippen LogP contribution >= 0.6 is 0 Å². The third kappa shape index (κ3) is 3.24. The molecule has 1 rings (SSSR count). The third-order valence-corrected chi connectivity index (χ3v) is 2.76. The Bertz CT molecular complexity index is 488. The number of nitrogens with two attached hydrogens (primary N) is 2. The fourth-order valence-electron chi connectivity index (χ4n) is 1.93. The maximum absolute atomic E-state index is 11.3. The number of amides is 2. The summed E-state index contributed by atoms with van der Waals surface area (Å²) in [6.07, 6.45) is 1.99. The van der Waals surface area contributed by atoms with Crippen LogP contribution < -0.4 is 11.5 Å². The molecule has 4 N–H and O–H groups in total. The lowest BCUT2D eigenvalue weighted by Crippen LogP contribution is -2.32. The molecule has 19 heavy (non-hydrogen) atoms. The summed E-state index contributed by atoms with van der Waals surface area (Å²) in [7, 11) is 0. The minimum atomic E-state index is -1.08. The van der Waals surface area contributed by atoms with Crippen LogP contribution in [-0.4, -0.2) is 22.5 Å². The van der Waals surface area contributed by atoms with E-state index in [9.17, 15) is 24.5 Å². The number of carbonyl (C=O) groups excluding carboxylic acids is 3. The summed E-state index contributed by atoms with van der Waals surface area (Å²) in [5.41, 5.74) is 9.67. The van der Waals surface area contributed by atoms with Crippen LogP contribution in [0.3, 0.4) is 0 Å². The van der Waals surface area contributed by atoms with Gasteiger partial charge in [-0.15, -0.1) is 0 Å². The Kier molecular flexibility index (Phi) is 4.15. The van der Waals surface area contributed by atoms with Gasteiger partial charge in [-0.25, -0.2) is 0 Å². The van der Waals surface area contributed by atoms with Crippen molar-refractivity contribution < 1.29 is 19.3 Å². The second kappa shape index (κ2) is 5.42. The first-order valence-electron chi connectivity index (χ1n) is 5.40. The lowest BCUT2D eigenvalue weighted by molar-refractivity contribution is -0.433. The van der Waals surface area contributed by atoms with Crippen LogP contribution in [0.1, 0.15) is 13.3 Å². The minimum Gasteiger partial charge on any atom is -0.369 e. The molecule has 0 aromatic rings. The number of Topliss-reactive ketones (excluding diaryl/α,β-unsaturated/α-hetero) is 1. The zero-order valence-electron chi connectivity index (χ0n) is 10.2. The summed E-state index contributed by atoms with van der Waals surface area (Å²) >= 11 is 0. The quantitative estimate of drug-likeness (QED) is 0.497. The van der Waals surface area contributed by atoms with Gasteiger partial charge in [-0.3, -0.25) is 24.5 Å². The highest BCUT2D eigenvalue weighted by atomic mass is 16.6. The van der Waals surface area contributed by atoms with Crippen LogP contribution in [0.5, 0.6) is 0 Å². The molecule has 0 radical (unpaired) electrons. The maximum Gasteiger partial charge on any atom is 0.251 e. The van der Waals surface area contributed by atoms with Crippen molar-refractivity contribution >= 4 is 17.6 Å². The predicted molar refractivity (Wildman–Crippen MR) is 63.8 cm³/mol. The van der Waals surface area contributed by atoms with E-state index in [-0.39, 0.29) is 17.8 Å². The Labute approximate surface area is 108 Å². The maximum atomic E-state index is 11.3. The van der Waals surface area contributed by atoms with Crippen LogP contribution in [0.2, 0.25) is 0 Å². The number of rotatable bonds is 5. The van der Waals surface area contributed by atoms with E-state index in [1.165, 1.54) is 13.0 Å². The van der Waals surface area contributed by atoms with Gasteiger partial charge in [0.2, 0.25) is 11.8 Å². The summed E-state index contributed by atoms with van der Waals surface area (Å²) < 4.78 is 0. The van der Waals surface area contributed by atoms with Gasteiger partial charge in [0, 0.05) is 18.1 Å². The molecule has 8 nitrogen and oxygen atoms in total. The van der Waals surface area contributed by atoms with Crippen molar-refractivity contribution in [2.45, 2.75) is 13.3 Å². The molecular weight excluding hydrogens is 254 g/mol. The summed E-state index contributed by atoms with van der Waals surface area (Å²) in [4.78, 5) is 43.8. The highest BCUT2D eigenvalue weighted by molar-refractivity contribution is 5.96. The first-order valence-corrected chi connectivity index (χ1v) is 5.40. The molecule has 1 aliphatic carbocycles. The van der Waals surface area contributed by atoms with Gasteiger partial charge in [-0.2, -0.15) is 0 Å². The Morgan fingerprint density at radius 1 is 1.32 bits per heavy atom. The van der Waals surface area contributed by atoms with Crippen LogP contribution in [0.15, 0.2) is 23.4 Å². The van der Waals surface area contributed by atoms with Crippen molar-refractivity contribution in [1.29, 1.82) is 0 Å². The van der Waals surface area contributed by atoms with Crippen molar-refractivity contribution in [3.05, 3.63) is 33.5 Å². The normalized spacial score (nSPS) is 22.2. The highest BCUT2D eigenvalue weighted by Crippen LogP contribution is 2.31. The Morgan fingerprint density at radius 3 is 2.26 bits per heavy atom.